The van der Waals surface area contributed by atoms with Crippen LogP contribution in [-0.4, -0.2) is 44.3 Å². The fourth-order valence-corrected chi connectivity index (χ4v) is 4.53. The SMILES string of the molecule is CCOC(=O)c1ccc2c(c1)N(C)c1ccccc1[C@@H]1C[C@@H](NC(=O)C(F)(F)F)CCN21. The number of hydrogen-bond donors (Lipinski definition) is 1. The first-order chi connectivity index (χ1) is 15.2. The molecule has 6 nitrogen and oxygen atoms in total. The standard InChI is InChI=1S/C23H24F3N3O3/c1-3-32-21(30)14-8-9-18-20(12-14)28(2)17-7-5-4-6-16(17)19-13-15(10-11-29(18)19)27-22(31)23(24,25)26/h4-9,12,15,19H,3,10-11,13H2,1-2H3,(H,27,31)/t15-,19-/m0/s1. The molecule has 0 spiro atoms. The molecule has 0 aromatic heterocycles. The van der Waals surface area contributed by atoms with Gasteiger partial charge in [0.25, 0.3) is 0 Å². The molecule has 170 valence electrons. The van der Waals surface area contributed by atoms with E-state index in [2.05, 4.69) is 10.2 Å². The maximum Gasteiger partial charge on any atom is 0.471 e. The van der Waals surface area contributed by atoms with Gasteiger partial charge in [0.2, 0.25) is 0 Å². The van der Waals surface area contributed by atoms with E-state index in [9.17, 15) is 22.8 Å². The Morgan fingerprint density at radius 3 is 2.59 bits per heavy atom. The first-order valence-corrected chi connectivity index (χ1v) is 10.5. The summed E-state index contributed by atoms with van der Waals surface area (Å²) in [5.74, 6) is -2.32. The number of benzene rings is 2. The lowest BCUT2D eigenvalue weighted by atomic mass is 9.90. The van der Waals surface area contributed by atoms with Crippen LogP contribution in [0.25, 0.3) is 0 Å². The first kappa shape index (κ1) is 22.0. The van der Waals surface area contributed by atoms with Gasteiger partial charge in [-0.1, -0.05) is 18.2 Å². The highest BCUT2D eigenvalue weighted by Gasteiger charge is 2.42. The van der Waals surface area contributed by atoms with Crippen molar-refractivity contribution in [3.8, 4) is 0 Å². The van der Waals surface area contributed by atoms with Gasteiger partial charge in [-0.05, 0) is 49.6 Å². The lowest BCUT2D eigenvalue weighted by Gasteiger charge is -2.41. The molecule has 1 N–H and O–H groups in total. The number of piperidine rings is 1. The highest BCUT2D eigenvalue weighted by molar-refractivity contribution is 5.94. The van der Waals surface area contributed by atoms with Crippen molar-refractivity contribution < 1.29 is 27.5 Å². The van der Waals surface area contributed by atoms with Gasteiger partial charge in [-0.25, -0.2) is 4.79 Å². The van der Waals surface area contributed by atoms with Gasteiger partial charge in [0.05, 0.1) is 29.6 Å². The maximum atomic E-state index is 12.8. The molecule has 0 radical (unpaired) electrons. The number of rotatable bonds is 3. The van der Waals surface area contributed by atoms with Crippen LogP contribution in [0.3, 0.4) is 0 Å². The summed E-state index contributed by atoms with van der Waals surface area (Å²) in [7, 11) is 1.90. The van der Waals surface area contributed by atoms with E-state index < -0.39 is 24.1 Å². The van der Waals surface area contributed by atoms with Gasteiger partial charge in [0.1, 0.15) is 0 Å². The van der Waals surface area contributed by atoms with Crippen LogP contribution >= 0.6 is 0 Å². The van der Waals surface area contributed by atoms with Gasteiger partial charge in [-0.2, -0.15) is 13.2 Å². The monoisotopic (exact) mass is 447 g/mol. The minimum absolute atomic E-state index is 0.226. The molecule has 32 heavy (non-hydrogen) atoms. The zero-order chi connectivity index (χ0) is 23.0. The maximum absolute atomic E-state index is 12.8. The minimum Gasteiger partial charge on any atom is -0.462 e. The van der Waals surface area contributed by atoms with Gasteiger partial charge in [-0.15, -0.1) is 0 Å². The Morgan fingerprint density at radius 2 is 1.88 bits per heavy atom. The van der Waals surface area contributed by atoms with Crippen molar-refractivity contribution in [2.45, 2.75) is 38.0 Å². The average Bonchev–Trinajstić information content (AvgIpc) is 2.87. The minimum atomic E-state index is -4.91. The molecular weight excluding hydrogens is 423 g/mol. The third kappa shape index (κ3) is 3.99. The summed E-state index contributed by atoms with van der Waals surface area (Å²) in [6.45, 7) is 2.48. The molecule has 2 aliphatic rings. The number of alkyl halides is 3. The fraction of sp³-hybridized carbons (Fsp3) is 0.391. The van der Waals surface area contributed by atoms with E-state index in [1.165, 1.54) is 0 Å². The van der Waals surface area contributed by atoms with Crippen LogP contribution < -0.4 is 15.1 Å². The Bertz CT molecular complexity index is 1040. The van der Waals surface area contributed by atoms with Crippen LogP contribution in [0.15, 0.2) is 42.5 Å². The molecule has 1 amide bonds. The number of ether oxygens (including phenoxy) is 1. The summed E-state index contributed by atoms with van der Waals surface area (Å²) in [4.78, 5) is 27.9. The van der Waals surface area contributed by atoms with E-state index in [-0.39, 0.29) is 12.6 Å². The zero-order valence-electron chi connectivity index (χ0n) is 17.8. The lowest BCUT2D eigenvalue weighted by Crippen LogP contribution is -2.49. The average molecular weight is 447 g/mol. The molecule has 0 aliphatic carbocycles. The molecule has 4 rings (SSSR count). The van der Waals surface area contributed by atoms with E-state index in [0.29, 0.717) is 24.9 Å². The van der Waals surface area contributed by atoms with Crippen LogP contribution in [0.5, 0.6) is 0 Å². The molecule has 0 unspecified atom stereocenters. The Balaban J connectivity index is 1.73. The van der Waals surface area contributed by atoms with Crippen molar-refractivity contribution in [3.63, 3.8) is 0 Å². The van der Waals surface area contributed by atoms with E-state index in [1.807, 2.05) is 42.3 Å². The van der Waals surface area contributed by atoms with Crippen LogP contribution in [0.4, 0.5) is 30.2 Å². The number of fused-ring (bicyclic) bond motifs is 5. The molecule has 9 heteroatoms. The number of hydrogen-bond acceptors (Lipinski definition) is 5. The summed E-state index contributed by atoms with van der Waals surface area (Å²) in [6, 6.07) is 12.2. The number of esters is 1. The van der Waals surface area contributed by atoms with Crippen molar-refractivity contribution >= 4 is 28.9 Å². The largest absolute Gasteiger partial charge is 0.471 e. The first-order valence-electron chi connectivity index (χ1n) is 10.5. The molecule has 2 aromatic rings. The highest BCUT2D eigenvalue weighted by atomic mass is 19.4. The number of para-hydroxylation sites is 1. The highest BCUT2D eigenvalue weighted by Crippen LogP contribution is 2.48. The number of nitrogens with zero attached hydrogens (tertiary/aromatic N) is 2. The molecule has 1 saturated heterocycles. The Morgan fingerprint density at radius 1 is 1.12 bits per heavy atom. The number of carbonyl (C=O) groups is 2. The van der Waals surface area contributed by atoms with Gasteiger partial charge in [-0.3, -0.25) is 4.79 Å². The van der Waals surface area contributed by atoms with Gasteiger partial charge in [0.15, 0.2) is 0 Å². The number of anilines is 3. The number of nitrogens with one attached hydrogen (secondary N) is 1. The van der Waals surface area contributed by atoms with Gasteiger partial charge < -0.3 is 19.9 Å². The van der Waals surface area contributed by atoms with Crippen molar-refractivity contribution in [3.05, 3.63) is 53.6 Å². The predicted octanol–water partition coefficient (Wildman–Crippen LogP) is 4.33. The molecule has 2 heterocycles. The number of halogens is 3. The fourth-order valence-electron chi connectivity index (χ4n) is 4.53. The molecule has 2 aliphatic heterocycles. The third-order valence-electron chi connectivity index (χ3n) is 6.01. The normalized spacial score (nSPS) is 19.9. The van der Waals surface area contributed by atoms with Crippen molar-refractivity contribution in [1.29, 1.82) is 0 Å². The van der Waals surface area contributed by atoms with E-state index in [0.717, 1.165) is 22.6 Å². The number of amides is 1. The van der Waals surface area contributed by atoms with Crippen LogP contribution in [0, 0.1) is 0 Å². The summed E-state index contributed by atoms with van der Waals surface area (Å²) in [6.07, 6.45) is -4.19. The molecule has 0 saturated carbocycles. The second-order valence-corrected chi connectivity index (χ2v) is 7.94. The topological polar surface area (TPSA) is 61.9 Å². The van der Waals surface area contributed by atoms with E-state index in [4.69, 9.17) is 4.74 Å². The lowest BCUT2D eigenvalue weighted by molar-refractivity contribution is -0.174. The summed E-state index contributed by atoms with van der Waals surface area (Å²) in [5.41, 5.74) is 3.96. The molecule has 2 aromatic carbocycles. The van der Waals surface area contributed by atoms with Crippen LogP contribution in [0.1, 0.15) is 41.7 Å². The van der Waals surface area contributed by atoms with E-state index >= 15 is 0 Å². The third-order valence-corrected chi connectivity index (χ3v) is 6.01. The summed E-state index contributed by atoms with van der Waals surface area (Å²) >= 11 is 0. The Kier molecular flexibility index (Phi) is 5.75. The molecule has 1 fully saturated rings. The van der Waals surface area contributed by atoms with Crippen molar-refractivity contribution in [2.24, 2.45) is 0 Å². The second-order valence-electron chi connectivity index (χ2n) is 7.94. The molecule has 2 atom stereocenters. The quantitative estimate of drug-likeness (QED) is 0.710. The molecular formula is C23H24F3N3O3. The Labute approximate surface area is 183 Å². The van der Waals surface area contributed by atoms with Crippen molar-refractivity contribution in [2.75, 3.05) is 30.0 Å². The smallest absolute Gasteiger partial charge is 0.462 e. The predicted molar refractivity (Wildman–Crippen MR) is 114 cm³/mol. The van der Waals surface area contributed by atoms with Crippen LogP contribution in [-0.2, 0) is 9.53 Å². The summed E-state index contributed by atoms with van der Waals surface area (Å²) < 4.78 is 43.5. The molecule has 0 bridgehead atoms. The zero-order valence-corrected chi connectivity index (χ0v) is 17.8. The van der Waals surface area contributed by atoms with Crippen molar-refractivity contribution in [1.82, 2.24) is 5.32 Å². The van der Waals surface area contributed by atoms with Gasteiger partial charge in [0, 0.05) is 25.3 Å². The number of carbonyl (C=O) groups excluding carboxylic acids is 2. The van der Waals surface area contributed by atoms with Crippen LogP contribution in [0.2, 0.25) is 0 Å². The van der Waals surface area contributed by atoms with E-state index in [1.54, 1.807) is 19.1 Å². The summed E-state index contributed by atoms with van der Waals surface area (Å²) in [5, 5.41) is 2.15. The van der Waals surface area contributed by atoms with Gasteiger partial charge >= 0.3 is 18.1 Å². The Hall–Kier alpha value is -3.23. The second kappa shape index (κ2) is 8.37.